The van der Waals surface area contributed by atoms with Crippen LogP contribution in [0.25, 0.3) is 0 Å². The maximum atomic E-state index is 9.25. The number of phenolic OH excluding ortho intramolecular Hbond substituents is 1. The predicted molar refractivity (Wildman–Crippen MR) is 69.8 cm³/mol. The van der Waals surface area contributed by atoms with Gasteiger partial charge in [-0.25, -0.2) is 9.67 Å². The van der Waals surface area contributed by atoms with E-state index in [4.69, 9.17) is 0 Å². The monoisotopic (exact) mass is 259 g/mol. The Hall–Kier alpha value is -1.88. The third-order valence-corrected chi connectivity index (χ3v) is 3.56. The Balaban J connectivity index is 1.76. The standard InChI is InChI=1S/C14H17N3O2/c18-9-11-3-6-14-15-13(16-17(14)8-11)7-10-1-4-12(19)5-2-10/h1-2,4-5,11,18-19H,3,6-9H2. The number of fused-ring (bicyclic) bond motifs is 1. The van der Waals surface area contributed by atoms with Gasteiger partial charge in [-0.2, -0.15) is 5.10 Å². The lowest BCUT2D eigenvalue weighted by atomic mass is 10.0. The van der Waals surface area contributed by atoms with Gasteiger partial charge in [-0.1, -0.05) is 12.1 Å². The van der Waals surface area contributed by atoms with Gasteiger partial charge >= 0.3 is 0 Å². The van der Waals surface area contributed by atoms with E-state index in [0.717, 1.165) is 36.6 Å². The van der Waals surface area contributed by atoms with Crippen LogP contribution in [0.1, 0.15) is 23.6 Å². The second-order valence-corrected chi connectivity index (χ2v) is 5.06. The Bertz CT molecular complexity index is 563. The Morgan fingerprint density at radius 2 is 2.05 bits per heavy atom. The number of benzene rings is 1. The van der Waals surface area contributed by atoms with Crippen LogP contribution >= 0.6 is 0 Å². The van der Waals surface area contributed by atoms with Crippen LogP contribution in [0, 0.1) is 5.92 Å². The number of aromatic hydroxyl groups is 1. The minimum Gasteiger partial charge on any atom is -0.508 e. The highest BCUT2D eigenvalue weighted by molar-refractivity contribution is 5.27. The Morgan fingerprint density at radius 3 is 2.79 bits per heavy atom. The zero-order chi connectivity index (χ0) is 13.2. The van der Waals surface area contributed by atoms with Crippen molar-refractivity contribution in [3.63, 3.8) is 0 Å². The highest BCUT2D eigenvalue weighted by atomic mass is 16.3. The van der Waals surface area contributed by atoms with Crippen LogP contribution in [-0.4, -0.2) is 31.6 Å². The molecule has 2 aromatic rings. The molecule has 100 valence electrons. The quantitative estimate of drug-likeness (QED) is 0.866. The zero-order valence-electron chi connectivity index (χ0n) is 10.7. The molecule has 0 saturated carbocycles. The summed E-state index contributed by atoms with van der Waals surface area (Å²) in [5, 5.41) is 23.0. The molecule has 1 unspecified atom stereocenters. The molecule has 0 aliphatic carbocycles. The number of hydrogen-bond acceptors (Lipinski definition) is 4. The summed E-state index contributed by atoms with van der Waals surface area (Å²) < 4.78 is 1.92. The molecule has 0 saturated heterocycles. The molecule has 5 heteroatoms. The van der Waals surface area contributed by atoms with Gasteiger partial charge in [0, 0.05) is 31.9 Å². The van der Waals surface area contributed by atoms with Crippen molar-refractivity contribution in [3.8, 4) is 5.75 Å². The molecule has 1 aromatic heterocycles. The molecule has 2 N–H and O–H groups in total. The molecular weight excluding hydrogens is 242 g/mol. The molecule has 0 spiro atoms. The average Bonchev–Trinajstić information content (AvgIpc) is 2.82. The minimum atomic E-state index is 0.215. The van der Waals surface area contributed by atoms with Crippen molar-refractivity contribution >= 4 is 0 Å². The normalized spacial score (nSPS) is 18.3. The van der Waals surface area contributed by atoms with Crippen LogP contribution in [-0.2, 0) is 19.4 Å². The summed E-state index contributed by atoms with van der Waals surface area (Å²) in [6.07, 6.45) is 2.53. The Morgan fingerprint density at radius 1 is 1.26 bits per heavy atom. The third kappa shape index (κ3) is 2.61. The van der Waals surface area contributed by atoms with Crippen molar-refractivity contribution in [2.75, 3.05) is 6.61 Å². The molecule has 1 aliphatic heterocycles. The second-order valence-electron chi connectivity index (χ2n) is 5.06. The first kappa shape index (κ1) is 12.2. The maximum absolute atomic E-state index is 9.25. The summed E-state index contributed by atoms with van der Waals surface area (Å²) in [5.41, 5.74) is 1.08. The van der Waals surface area contributed by atoms with Crippen molar-refractivity contribution in [1.82, 2.24) is 14.8 Å². The van der Waals surface area contributed by atoms with Gasteiger partial charge in [0.25, 0.3) is 0 Å². The first-order valence-corrected chi connectivity index (χ1v) is 6.56. The van der Waals surface area contributed by atoms with Gasteiger partial charge in [0.05, 0.1) is 0 Å². The molecule has 0 bridgehead atoms. The van der Waals surface area contributed by atoms with Crippen LogP contribution in [0.4, 0.5) is 0 Å². The van der Waals surface area contributed by atoms with Gasteiger partial charge < -0.3 is 10.2 Å². The minimum absolute atomic E-state index is 0.215. The van der Waals surface area contributed by atoms with Crippen molar-refractivity contribution < 1.29 is 10.2 Å². The van der Waals surface area contributed by atoms with Gasteiger partial charge in [-0.3, -0.25) is 0 Å². The number of nitrogens with zero attached hydrogens (tertiary/aromatic N) is 3. The number of rotatable bonds is 3. The van der Waals surface area contributed by atoms with Gasteiger partial charge in [0.1, 0.15) is 11.6 Å². The van der Waals surface area contributed by atoms with E-state index in [1.54, 1.807) is 12.1 Å². The largest absolute Gasteiger partial charge is 0.508 e. The molecule has 3 rings (SSSR count). The lowest BCUT2D eigenvalue weighted by Crippen LogP contribution is -2.23. The molecule has 1 aromatic carbocycles. The SMILES string of the molecule is OCC1CCc2nc(Cc3ccc(O)cc3)nn2C1. The lowest BCUT2D eigenvalue weighted by Gasteiger charge is -2.19. The topological polar surface area (TPSA) is 71.2 Å². The van der Waals surface area contributed by atoms with E-state index in [-0.39, 0.29) is 12.4 Å². The zero-order valence-corrected chi connectivity index (χ0v) is 10.7. The van der Waals surface area contributed by atoms with Crippen LogP contribution in [0.3, 0.4) is 0 Å². The molecule has 5 nitrogen and oxygen atoms in total. The number of aromatic nitrogens is 3. The summed E-state index contributed by atoms with van der Waals surface area (Å²) in [4.78, 5) is 4.54. The fourth-order valence-corrected chi connectivity index (χ4v) is 2.45. The van der Waals surface area contributed by atoms with E-state index >= 15 is 0 Å². The smallest absolute Gasteiger partial charge is 0.155 e. The fourth-order valence-electron chi connectivity index (χ4n) is 2.45. The van der Waals surface area contributed by atoms with Crippen molar-refractivity contribution in [3.05, 3.63) is 41.5 Å². The molecule has 1 atom stereocenters. The van der Waals surface area contributed by atoms with E-state index in [1.165, 1.54) is 0 Å². The van der Waals surface area contributed by atoms with E-state index < -0.39 is 0 Å². The number of aliphatic hydroxyl groups excluding tert-OH is 1. The Kier molecular flexibility index (Phi) is 3.21. The van der Waals surface area contributed by atoms with Crippen molar-refractivity contribution in [2.24, 2.45) is 5.92 Å². The number of aliphatic hydroxyl groups is 1. The highest BCUT2D eigenvalue weighted by Crippen LogP contribution is 2.19. The van der Waals surface area contributed by atoms with Crippen LogP contribution in [0.2, 0.25) is 0 Å². The highest BCUT2D eigenvalue weighted by Gasteiger charge is 2.20. The van der Waals surface area contributed by atoms with E-state index in [0.29, 0.717) is 12.3 Å². The van der Waals surface area contributed by atoms with Gasteiger partial charge in [0.15, 0.2) is 5.82 Å². The molecule has 0 amide bonds. The van der Waals surface area contributed by atoms with E-state index in [1.807, 2.05) is 16.8 Å². The first-order chi connectivity index (χ1) is 9.24. The molecule has 0 fully saturated rings. The average molecular weight is 259 g/mol. The first-order valence-electron chi connectivity index (χ1n) is 6.56. The fraction of sp³-hybridized carbons (Fsp3) is 0.429. The summed E-state index contributed by atoms with van der Waals surface area (Å²) >= 11 is 0. The van der Waals surface area contributed by atoms with Crippen molar-refractivity contribution in [2.45, 2.75) is 25.8 Å². The third-order valence-electron chi connectivity index (χ3n) is 3.56. The Labute approximate surface area is 111 Å². The predicted octanol–water partition coefficient (Wildman–Crippen LogP) is 1.13. The molecule has 2 heterocycles. The van der Waals surface area contributed by atoms with Crippen LogP contribution in [0.5, 0.6) is 5.75 Å². The van der Waals surface area contributed by atoms with E-state index in [9.17, 15) is 10.2 Å². The molecule has 0 radical (unpaired) electrons. The molecule has 1 aliphatic rings. The number of phenols is 1. The van der Waals surface area contributed by atoms with Gasteiger partial charge in [-0.15, -0.1) is 0 Å². The maximum Gasteiger partial charge on any atom is 0.155 e. The second kappa shape index (κ2) is 5.01. The molecule has 19 heavy (non-hydrogen) atoms. The van der Waals surface area contributed by atoms with Gasteiger partial charge in [-0.05, 0) is 24.1 Å². The molecular formula is C14H17N3O2. The van der Waals surface area contributed by atoms with Crippen molar-refractivity contribution in [1.29, 1.82) is 0 Å². The van der Waals surface area contributed by atoms with E-state index in [2.05, 4.69) is 10.1 Å². The summed E-state index contributed by atoms with van der Waals surface area (Å²) in [6.45, 7) is 0.973. The van der Waals surface area contributed by atoms with Gasteiger partial charge in [0.2, 0.25) is 0 Å². The summed E-state index contributed by atoms with van der Waals surface area (Å²) in [5.74, 6) is 2.39. The number of hydrogen-bond donors (Lipinski definition) is 2. The summed E-state index contributed by atoms with van der Waals surface area (Å²) in [7, 11) is 0. The number of aryl methyl sites for hydroxylation is 1. The van der Waals surface area contributed by atoms with Crippen LogP contribution < -0.4 is 0 Å². The lowest BCUT2D eigenvalue weighted by molar-refractivity contribution is 0.185. The van der Waals surface area contributed by atoms with Crippen LogP contribution in [0.15, 0.2) is 24.3 Å². The summed E-state index contributed by atoms with van der Waals surface area (Å²) in [6, 6.07) is 7.11.